The molecule has 0 aliphatic rings. The third-order valence-electron chi connectivity index (χ3n) is 3.93. The molecule has 1 aromatic rings. The van der Waals surface area contributed by atoms with E-state index in [0.717, 1.165) is 19.5 Å². The van der Waals surface area contributed by atoms with Gasteiger partial charge in [-0.3, -0.25) is 15.0 Å². The van der Waals surface area contributed by atoms with Gasteiger partial charge in [0.2, 0.25) is 0 Å². The molecule has 0 saturated heterocycles. The van der Waals surface area contributed by atoms with Gasteiger partial charge in [-0.1, -0.05) is 27.7 Å². The summed E-state index contributed by atoms with van der Waals surface area (Å²) in [7, 11) is 0. The molecule has 23 heavy (non-hydrogen) atoms. The molecule has 1 atom stereocenters. The van der Waals surface area contributed by atoms with Crippen molar-refractivity contribution in [2.45, 2.75) is 40.2 Å². The number of hydrogen-bond acceptors (Lipinski definition) is 5. The molecule has 1 rings (SSSR count). The van der Waals surface area contributed by atoms with Crippen LogP contribution in [0.15, 0.2) is 18.2 Å². The minimum Gasteiger partial charge on any atom is -0.382 e. The number of nitrogens with one attached hydrogen (secondary N) is 1. The van der Waals surface area contributed by atoms with Gasteiger partial charge in [0.15, 0.2) is 0 Å². The number of nitrogens with zero attached hydrogens (tertiary/aromatic N) is 3. The molecule has 126 valence electrons. The van der Waals surface area contributed by atoms with Crippen molar-refractivity contribution in [1.82, 2.24) is 4.90 Å². The predicted molar refractivity (Wildman–Crippen MR) is 92.5 cm³/mol. The van der Waals surface area contributed by atoms with Crippen molar-refractivity contribution in [3.8, 4) is 6.07 Å². The van der Waals surface area contributed by atoms with Crippen molar-refractivity contribution in [1.29, 1.82) is 5.26 Å². The Morgan fingerprint density at radius 2 is 2.00 bits per heavy atom. The molecule has 0 fully saturated rings. The van der Waals surface area contributed by atoms with Crippen LogP contribution >= 0.6 is 0 Å². The van der Waals surface area contributed by atoms with E-state index in [2.05, 4.69) is 37.9 Å². The second kappa shape index (κ2) is 9.11. The molecular weight excluding hydrogens is 292 g/mol. The largest absolute Gasteiger partial charge is 0.382 e. The molecule has 0 bridgehead atoms. The van der Waals surface area contributed by atoms with E-state index in [0.29, 0.717) is 29.8 Å². The van der Waals surface area contributed by atoms with Crippen LogP contribution in [0.5, 0.6) is 0 Å². The van der Waals surface area contributed by atoms with E-state index in [1.807, 2.05) is 6.07 Å². The first-order chi connectivity index (χ1) is 10.9. The number of nitriles is 1. The molecule has 6 heteroatoms. The molecule has 6 nitrogen and oxygen atoms in total. The second-order valence-electron chi connectivity index (χ2n) is 5.98. The highest BCUT2D eigenvalue weighted by Crippen LogP contribution is 2.22. The van der Waals surface area contributed by atoms with Gasteiger partial charge in [0.05, 0.1) is 16.2 Å². The Labute approximate surface area is 138 Å². The van der Waals surface area contributed by atoms with Crippen molar-refractivity contribution in [3.63, 3.8) is 0 Å². The van der Waals surface area contributed by atoms with Crippen molar-refractivity contribution >= 4 is 11.4 Å². The fourth-order valence-electron chi connectivity index (χ4n) is 2.77. The van der Waals surface area contributed by atoms with Gasteiger partial charge in [-0.05, 0) is 31.5 Å². The lowest BCUT2D eigenvalue weighted by atomic mass is 10.0. The zero-order chi connectivity index (χ0) is 17.4. The highest BCUT2D eigenvalue weighted by atomic mass is 16.6. The van der Waals surface area contributed by atoms with Crippen LogP contribution in [0.4, 0.5) is 11.4 Å². The number of anilines is 1. The molecule has 0 aromatic heterocycles. The molecule has 1 N–H and O–H groups in total. The molecule has 0 aliphatic heterocycles. The summed E-state index contributed by atoms with van der Waals surface area (Å²) >= 11 is 0. The summed E-state index contributed by atoms with van der Waals surface area (Å²) in [6, 6.07) is 6.76. The smallest absolute Gasteiger partial charge is 0.270 e. The van der Waals surface area contributed by atoms with E-state index in [1.165, 1.54) is 12.1 Å². The van der Waals surface area contributed by atoms with E-state index in [-0.39, 0.29) is 5.69 Å². The van der Waals surface area contributed by atoms with E-state index in [4.69, 9.17) is 0 Å². The van der Waals surface area contributed by atoms with Crippen LogP contribution in [0.2, 0.25) is 0 Å². The van der Waals surface area contributed by atoms with E-state index >= 15 is 0 Å². The van der Waals surface area contributed by atoms with Crippen molar-refractivity contribution in [2.24, 2.45) is 5.92 Å². The number of non-ortho nitro benzene ring substituents is 1. The first kappa shape index (κ1) is 18.9. The van der Waals surface area contributed by atoms with Gasteiger partial charge in [0.1, 0.15) is 6.07 Å². The van der Waals surface area contributed by atoms with Crippen LogP contribution in [0.1, 0.15) is 39.7 Å². The summed E-state index contributed by atoms with van der Waals surface area (Å²) < 4.78 is 0. The van der Waals surface area contributed by atoms with Gasteiger partial charge < -0.3 is 5.32 Å². The lowest BCUT2D eigenvalue weighted by Crippen LogP contribution is -2.40. The van der Waals surface area contributed by atoms with Crippen molar-refractivity contribution in [3.05, 3.63) is 33.9 Å². The number of likely N-dealkylation sites (N-methyl/N-ethyl adjacent to an activating group) is 1. The molecule has 0 aliphatic carbocycles. The highest BCUT2D eigenvalue weighted by Gasteiger charge is 2.18. The Balaban J connectivity index is 2.88. The summed E-state index contributed by atoms with van der Waals surface area (Å²) in [5, 5.41) is 23.3. The van der Waals surface area contributed by atoms with Gasteiger partial charge >= 0.3 is 0 Å². The maximum absolute atomic E-state index is 10.8. The summed E-state index contributed by atoms with van der Waals surface area (Å²) in [5.74, 6) is 0.578. The second-order valence-corrected chi connectivity index (χ2v) is 5.98. The third-order valence-corrected chi connectivity index (χ3v) is 3.93. The van der Waals surface area contributed by atoms with Crippen molar-refractivity contribution in [2.75, 3.05) is 25.0 Å². The minimum absolute atomic E-state index is 0.0606. The Hall–Kier alpha value is -2.13. The lowest BCUT2D eigenvalue weighted by molar-refractivity contribution is -0.384. The molecule has 0 amide bonds. The first-order valence-electron chi connectivity index (χ1n) is 8.09. The fraction of sp³-hybridized carbons (Fsp3) is 0.588. The zero-order valence-electron chi connectivity index (χ0n) is 14.4. The van der Waals surface area contributed by atoms with Crippen LogP contribution in [0, 0.1) is 27.4 Å². The first-order valence-corrected chi connectivity index (χ1v) is 8.09. The monoisotopic (exact) mass is 318 g/mol. The molecule has 0 unspecified atom stereocenters. The molecule has 0 saturated carbocycles. The van der Waals surface area contributed by atoms with Gasteiger partial charge in [-0.25, -0.2) is 0 Å². The lowest BCUT2D eigenvalue weighted by Gasteiger charge is -2.31. The minimum atomic E-state index is -0.484. The molecule has 1 aromatic carbocycles. The van der Waals surface area contributed by atoms with Gasteiger partial charge in [-0.15, -0.1) is 0 Å². The standard InChI is InChI=1S/C17H26N4O2/c1-5-20(6-2)16(9-13(3)4)12-19-17-8-7-15(21(22)23)10-14(17)11-18/h7-8,10,13,16,19H,5-6,9,12H2,1-4H3/t16-/m1/s1. The Bertz CT molecular complexity index is 562. The fourth-order valence-corrected chi connectivity index (χ4v) is 2.77. The SMILES string of the molecule is CCN(CC)[C@@H](CNc1ccc([N+](=O)[O-])cc1C#N)CC(C)C. The average molecular weight is 318 g/mol. The number of nitro benzene ring substituents is 1. The van der Waals surface area contributed by atoms with Crippen molar-refractivity contribution < 1.29 is 4.92 Å². The van der Waals surface area contributed by atoms with Crippen LogP contribution < -0.4 is 5.32 Å². The number of nitro groups is 1. The molecule has 0 heterocycles. The van der Waals surface area contributed by atoms with Crippen LogP contribution in [0.3, 0.4) is 0 Å². The van der Waals surface area contributed by atoms with Gasteiger partial charge in [0, 0.05) is 24.7 Å². The summed E-state index contributed by atoms with van der Waals surface area (Å²) in [6.45, 7) is 11.3. The van der Waals surface area contributed by atoms with Crippen LogP contribution in [0.25, 0.3) is 0 Å². The van der Waals surface area contributed by atoms with E-state index < -0.39 is 4.92 Å². The number of hydrogen-bond donors (Lipinski definition) is 1. The highest BCUT2D eigenvalue weighted by molar-refractivity contribution is 5.61. The topological polar surface area (TPSA) is 82.2 Å². The summed E-state index contributed by atoms with van der Waals surface area (Å²) in [5.41, 5.74) is 0.899. The van der Waals surface area contributed by atoms with Crippen LogP contribution in [-0.2, 0) is 0 Å². The molecule has 0 radical (unpaired) electrons. The average Bonchev–Trinajstić information content (AvgIpc) is 2.52. The van der Waals surface area contributed by atoms with E-state index in [9.17, 15) is 15.4 Å². The van der Waals surface area contributed by atoms with Crippen LogP contribution in [-0.4, -0.2) is 35.5 Å². The normalized spacial score (nSPS) is 12.2. The Morgan fingerprint density at radius 1 is 1.35 bits per heavy atom. The maximum Gasteiger partial charge on any atom is 0.270 e. The number of rotatable bonds is 9. The molecule has 0 spiro atoms. The molecular formula is C17H26N4O2. The predicted octanol–water partition coefficient (Wildman–Crippen LogP) is 3.63. The quantitative estimate of drug-likeness (QED) is 0.555. The van der Waals surface area contributed by atoms with Gasteiger partial charge in [-0.2, -0.15) is 5.26 Å². The van der Waals surface area contributed by atoms with E-state index in [1.54, 1.807) is 6.07 Å². The summed E-state index contributed by atoms with van der Waals surface area (Å²) in [4.78, 5) is 12.7. The maximum atomic E-state index is 10.8. The summed E-state index contributed by atoms with van der Waals surface area (Å²) in [6.07, 6.45) is 1.06. The third kappa shape index (κ3) is 5.53. The zero-order valence-corrected chi connectivity index (χ0v) is 14.4. The van der Waals surface area contributed by atoms with Gasteiger partial charge in [0.25, 0.3) is 5.69 Å². The number of benzene rings is 1. The Kier molecular flexibility index (Phi) is 7.49. The Morgan fingerprint density at radius 3 is 2.48 bits per heavy atom.